The van der Waals surface area contributed by atoms with Crippen LogP contribution in [0.3, 0.4) is 0 Å². The van der Waals surface area contributed by atoms with Crippen LogP contribution in [-0.4, -0.2) is 19.4 Å². The fourth-order valence-corrected chi connectivity index (χ4v) is 1.55. The van der Waals surface area contributed by atoms with Gasteiger partial charge in [-0.3, -0.25) is 4.79 Å². The summed E-state index contributed by atoms with van der Waals surface area (Å²) in [6, 6.07) is 0. The third-order valence-electron chi connectivity index (χ3n) is 2.69. The van der Waals surface area contributed by atoms with Gasteiger partial charge in [0.2, 0.25) is 0 Å². The molecule has 0 saturated heterocycles. The molecule has 21 heavy (non-hydrogen) atoms. The van der Waals surface area contributed by atoms with Gasteiger partial charge in [0.1, 0.15) is 6.29 Å². The third-order valence-corrected chi connectivity index (χ3v) is 2.69. The van der Waals surface area contributed by atoms with Crippen LogP contribution in [0, 0.1) is 0 Å². The van der Waals surface area contributed by atoms with Crippen molar-refractivity contribution in [1.29, 1.82) is 0 Å². The van der Waals surface area contributed by atoms with Crippen molar-refractivity contribution in [3.05, 3.63) is 48.6 Å². The van der Waals surface area contributed by atoms with E-state index in [0.717, 1.165) is 38.4 Å². The quantitative estimate of drug-likeness (QED) is 0.233. The number of carbonyl (C=O) groups is 2. The van der Waals surface area contributed by atoms with Crippen LogP contribution in [0.15, 0.2) is 48.6 Å². The minimum Gasteiger partial charge on any atom is -0.469 e. The Hall–Kier alpha value is -1.90. The lowest BCUT2D eigenvalue weighted by Crippen LogP contribution is -1.98. The minimum absolute atomic E-state index is 0.143. The zero-order valence-corrected chi connectivity index (χ0v) is 12.9. The maximum Gasteiger partial charge on any atom is 0.305 e. The fraction of sp³-hybridized carbons (Fsp3) is 0.444. The Bertz CT molecular complexity index is 376. The van der Waals surface area contributed by atoms with E-state index in [1.807, 2.05) is 12.2 Å². The molecule has 0 aromatic carbocycles. The Morgan fingerprint density at radius 3 is 1.76 bits per heavy atom. The first-order chi connectivity index (χ1) is 10.3. The normalized spacial score (nSPS) is 12.0. The van der Waals surface area contributed by atoms with Gasteiger partial charge in [-0.2, -0.15) is 0 Å². The van der Waals surface area contributed by atoms with Crippen LogP contribution in [0.25, 0.3) is 0 Å². The highest BCUT2D eigenvalue weighted by Crippen LogP contribution is 2.00. The summed E-state index contributed by atoms with van der Waals surface area (Å²) in [5, 5.41) is 0. The highest BCUT2D eigenvalue weighted by atomic mass is 16.5. The van der Waals surface area contributed by atoms with Crippen molar-refractivity contribution in [2.75, 3.05) is 7.11 Å². The molecule has 3 heteroatoms. The van der Waals surface area contributed by atoms with E-state index in [1.165, 1.54) is 7.11 Å². The van der Waals surface area contributed by atoms with Gasteiger partial charge in [0, 0.05) is 12.8 Å². The van der Waals surface area contributed by atoms with E-state index in [1.54, 1.807) is 0 Å². The Labute approximate surface area is 128 Å². The second kappa shape index (κ2) is 16.2. The molecule has 0 heterocycles. The SMILES string of the molecule is COC(=O)CCC/C=C\C/C=C\C/C=C\C/C=C\CC=O. The molecular weight excluding hydrogens is 264 g/mol. The van der Waals surface area contributed by atoms with Crippen molar-refractivity contribution in [2.24, 2.45) is 0 Å². The monoisotopic (exact) mass is 290 g/mol. The number of hydrogen-bond donors (Lipinski definition) is 0. The number of esters is 1. The van der Waals surface area contributed by atoms with Crippen molar-refractivity contribution in [3.63, 3.8) is 0 Å². The maximum atomic E-state index is 10.9. The Balaban J connectivity index is 3.45. The Kier molecular flexibility index (Phi) is 14.7. The molecule has 0 rings (SSSR count). The van der Waals surface area contributed by atoms with Crippen LogP contribution in [-0.2, 0) is 14.3 Å². The standard InChI is InChI=1S/C18H26O3/c1-21-18(20)16-14-12-10-8-6-4-2-3-5-7-9-11-13-15-17-19/h2,4-5,7-8,10-11,13,17H,3,6,9,12,14-16H2,1H3/b4-2-,7-5-,10-8-,13-11-. The smallest absolute Gasteiger partial charge is 0.305 e. The van der Waals surface area contributed by atoms with E-state index in [9.17, 15) is 9.59 Å². The molecule has 3 nitrogen and oxygen atoms in total. The largest absolute Gasteiger partial charge is 0.469 e. The summed E-state index contributed by atoms with van der Waals surface area (Å²) in [6.45, 7) is 0. The number of allylic oxidation sites excluding steroid dienone is 8. The summed E-state index contributed by atoms with van der Waals surface area (Å²) >= 11 is 0. The highest BCUT2D eigenvalue weighted by Gasteiger charge is 1.96. The van der Waals surface area contributed by atoms with Gasteiger partial charge in [0.15, 0.2) is 0 Å². The van der Waals surface area contributed by atoms with Gasteiger partial charge < -0.3 is 9.53 Å². The summed E-state index contributed by atoms with van der Waals surface area (Å²) < 4.78 is 4.57. The summed E-state index contributed by atoms with van der Waals surface area (Å²) in [7, 11) is 1.42. The van der Waals surface area contributed by atoms with Crippen molar-refractivity contribution >= 4 is 12.3 Å². The van der Waals surface area contributed by atoms with Crippen molar-refractivity contribution in [1.82, 2.24) is 0 Å². The van der Waals surface area contributed by atoms with Crippen LogP contribution in [0.5, 0.6) is 0 Å². The first-order valence-corrected chi connectivity index (χ1v) is 7.41. The number of hydrogen-bond acceptors (Lipinski definition) is 3. The molecule has 0 unspecified atom stereocenters. The van der Waals surface area contributed by atoms with Crippen LogP contribution < -0.4 is 0 Å². The number of unbranched alkanes of at least 4 members (excludes halogenated alkanes) is 1. The summed E-state index contributed by atoms with van der Waals surface area (Å²) in [4.78, 5) is 20.9. The van der Waals surface area contributed by atoms with E-state index in [2.05, 4.69) is 41.2 Å². The van der Waals surface area contributed by atoms with Gasteiger partial charge in [-0.25, -0.2) is 0 Å². The fourth-order valence-electron chi connectivity index (χ4n) is 1.55. The first kappa shape index (κ1) is 19.1. The Morgan fingerprint density at radius 1 is 0.810 bits per heavy atom. The average molecular weight is 290 g/mol. The van der Waals surface area contributed by atoms with E-state index < -0.39 is 0 Å². The molecule has 0 aromatic heterocycles. The topological polar surface area (TPSA) is 43.4 Å². The van der Waals surface area contributed by atoms with Crippen molar-refractivity contribution < 1.29 is 14.3 Å². The number of aldehydes is 1. The predicted octanol–water partition coefficient (Wildman–Crippen LogP) is 4.31. The molecule has 0 saturated carbocycles. The predicted molar refractivity (Wildman–Crippen MR) is 87.0 cm³/mol. The summed E-state index contributed by atoms with van der Waals surface area (Å²) in [5.41, 5.74) is 0. The molecule has 0 amide bonds. The minimum atomic E-state index is -0.143. The zero-order valence-electron chi connectivity index (χ0n) is 12.9. The molecule has 0 spiro atoms. The van der Waals surface area contributed by atoms with Crippen LogP contribution >= 0.6 is 0 Å². The molecule has 0 aliphatic heterocycles. The lowest BCUT2D eigenvalue weighted by atomic mass is 10.2. The first-order valence-electron chi connectivity index (χ1n) is 7.41. The zero-order chi connectivity index (χ0) is 15.6. The molecule has 0 aliphatic carbocycles. The molecule has 0 radical (unpaired) electrons. The lowest BCUT2D eigenvalue weighted by Gasteiger charge is -1.95. The second-order valence-electron chi connectivity index (χ2n) is 4.46. The van der Waals surface area contributed by atoms with Crippen molar-refractivity contribution in [2.45, 2.75) is 44.9 Å². The van der Waals surface area contributed by atoms with Gasteiger partial charge in [-0.1, -0.05) is 48.6 Å². The molecule has 0 N–H and O–H groups in total. The molecule has 0 fully saturated rings. The lowest BCUT2D eigenvalue weighted by molar-refractivity contribution is -0.140. The number of methoxy groups -OCH3 is 1. The molecule has 116 valence electrons. The van der Waals surface area contributed by atoms with E-state index in [4.69, 9.17) is 0 Å². The number of rotatable bonds is 12. The van der Waals surface area contributed by atoms with Gasteiger partial charge in [0.25, 0.3) is 0 Å². The number of carbonyl (C=O) groups excluding carboxylic acids is 2. The number of ether oxygens (including phenoxy) is 1. The Morgan fingerprint density at radius 2 is 1.29 bits per heavy atom. The van der Waals surface area contributed by atoms with Crippen LogP contribution in [0.2, 0.25) is 0 Å². The molecule has 0 aliphatic rings. The maximum absolute atomic E-state index is 10.9. The van der Waals surface area contributed by atoms with Crippen LogP contribution in [0.1, 0.15) is 44.9 Å². The summed E-state index contributed by atoms with van der Waals surface area (Å²) in [6.07, 6.45) is 22.9. The van der Waals surface area contributed by atoms with Crippen LogP contribution in [0.4, 0.5) is 0 Å². The van der Waals surface area contributed by atoms with E-state index in [0.29, 0.717) is 12.8 Å². The highest BCUT2D eigenvalue weighted by molar-refractivity contribution is 5.69. The van der Waals surface area contributed by atoms with Gasteiger partial charge >= 0.3 is 5.97 Å². The van der Waals surface area contributed by atoms with Gasteiger partial charge in [-0.15, -0.1) is 0 Å². The van der Waals surface area contributed by atoms with E-state index >= 15 is 0 Å². The summed E-state index contributed by atoms with van der Waals surface area (Å²) in [5.74, 6) is -0.143. The van der Waals surface area contributed by atoms with Gasteiger partial charge in [-0.05, 0) is 32.1 Å². The second-order valence-corrected chi connectivity index (χ2v) is 4.46. The van der Waals surface area contributed by atoms with E-state index in [-0.39, 0.29) is 5.97 Å². The third kappa shape index (κ3) is 16.0. The molecular formula is C18H26O3. The van der Waals surface area contributed by atoms with Crippen molar-refractivity contribution in [3.8, 4) is 0 Å². The molecule has 0 bridgehead atoms. The molecule has 0 atom stereocenters. The average Bonchev–Trinajstić information content (AvgIpc) is 2.50. The van der Waals surface area contributed by atoms with Gasteiger partial charge in [0.05, 0.1) is 7.11 Å². The molecule has 0 aromatic rings.